The molecule has 0 atom stereocenters. The zero-order valence-corrected chi connectivity index (χ0v) is 12.7. The van der Waals surface area contributed by atoms with Crippen molar-refractivity contribution < 1.29 is 9.72 Å². The van der Waals surface area contributed by atoms with Crippen LogP contribution in [0.4, 0.5) is 17.1 Å². The van der Waals surface area contributed by atoms with Gasteiger partial charge in [-0.3, -0.25) is 14.9 Å². The van der Waals surface area contributed by atoms with Gasteiger partial charge in [-0.1, -0.05) is 6.07 Å². The molecule has 0 radical (unpaired) electrons. The molecule has 1 amide bonds. The summed E-state index contributed by atoms with van der Waals surface area (Å²) in [6.07, 6.45) is 0.308. The van der Waals surface area contributed by atoms with Gasteiger partial charge in [0, 0.05) is 33.1 Å². The number of hydrogen-bond acceptors (Lipinski definition) is 5. The predicted octanol–water partition coefficient (Wildman–Crippen LogP) is 2.31. The Morgan fingerprint density at radius 3 is 2.43 bits per heavy atom. The van der Waals surface area contributed by atoms with Crippen molar-refractivity contribution in [1.82, 2.24) is 4.90 Å². The van der Waals surface area contributed by atoms with E-state index in [1.807, 2.05) is 13.8 Å². The monoisotopic (exact) mass is 294 g/mol. The van der Waals surface area contributed by atoms with E-state index in [-0.39, 0.29) is 11.6 Å². The lowest BCUT2D eigenvalue weighted by Crippen LogP contribution is -2.31. The molecule has 0 heterocycles. The molecule has 0 aliphatic heterocycles. The van der Waals surface area contributed by atoms with Gasteiger partial charge in [-0.25, -0.2) is 0 Å². The molecule has 116 valence electrons. The van der Waals surface area contributed by atoms with E-state index in [0.717, 1.165) is 0 Å². The van der Waals surface area contributed by atoms with Gasteiger partial charge >= 0.3 is 5.69 Å². The normalized spacial score (nSPS) is 10.0. The van der Waals surface area contributed by atoms with E-state index in [1.54, 1.807) is 30.1 Å². The average molecular weight is 294 g/mol. The van der Waals surface area contributed by atoms with Crippen LogP contribution >= 0.6 is 0 Å². The van der Waals surface area contributed by atoms with Crippen molar-refractivity contribution in [1.29, 1.82) is 0 Å². The predicted molar refractivity (Wildman–Crippen MR) is 83.7 cm³/mol. The molecular formula is C14H22N4O3. The summed E-state index contributed by atoms with van der Waals surface area (Å²) in [6.45, 7) is 5.56. The first-order valence-electron chi connectivity index (χ1n) is 7.01. The maximum atomic E-state index is 11.9. The number of nitrogens with zero attached hydrogens (tertiary/aromatic N) is 2. The molecule has 0 aromatic heterocycles. The molecule has 21 heavy (non-hydrogen) atoms. The maximum Gasteiger partial charge on any atom is 0.315 e. The largest absolute Gasteiger partial charge is 0.382 e. The lowest BCUT2D eigenvalue weighted by atomic mass is 10.2. The Morgan fingerprint density at radius 1 is 1.29 bits per heavy atom. The zero-order valence-electron chi connectivity index (χ0n) is 12.7. The van der Waals surface area contributed by atoms with Gasteiger partial charge in [0.05, 0.1) is 4.92 Å². The number of nitrogens with one attached hydrogen (secondary N) is 2. The molecule has 2 N–H and O–H groups in total. The van der Waals surface area contributed by atoms with Crippen LogP contribution in [0.3, 0.4) is 0 Å². The van der Waals surface area contributed by atoms with Gasteiger partial charge in [0.25, 0.3) is 0 Å². The number of hydrogen-bond donors (Lipinski definition) is 2. The van der Waals surface area contributed by atoms with Crippen LogP contribution in [0.5, 0.6) is 0 Å². The molecule has 7 heteroatoms. The van der Waals surface area contributed by atoms with Crippen LogP contribution in [0, 0.1) is 10.1 Å². The molecule has 0 aliphatic rings. The topological polar surface area (TPSA) is 87.5 Å². The summed E-state index contributed by atoms with van der Waals surface area (Å²) in [5.74, 6) is 0.0416. The second-order valence-electron chi connectivity index (χ2n) is 4.45. The lowest BCUT2D eigenvalue weighted by Gasteiger charge is -2.18. The van der Waals surface area contributed by atoms with Crippen molar-refractivity contribution >= 4 is 23.0 Å². The van der Waals surface area contributed by atoms with Crippen LogP contribution < -0.4 is 10.6 Å². The third kappa shape index (κ3) is 4.34. The first kappa shape index (κ1) is 16.7. The van der Waals surface area contributed by atoms with Gasteiger partial charge in [-0.05, 0) is 26.0 Å². The summed E-state index contributed by atoms with van der Waals surface area (Å²) in [4.78, 5) is 24.3. The molecule has 0 spiro atoms. The van der Waals surface area contributed by atoms with Crippen molar-refractivity contribution in [3.8, 4) is 0 Å². The third-order valence-electron chi connectivity index (χ3n) is 3.26. The fourth-order valence-corrected chi connectivity index (χ4v) is 2.12. The van der Waals surface area contributed by atoms with E-state index in [0.29, 0.717) is 37.4 Å². The van der Waals surface area contributed by atoms with E-state index in [2.05, 4.69) is 10.6 Å². The summed E-state index contributed by atoms with van der Waals surface area (Å²) in [5.41, 5.74) is 0.856. The highest BCUT2D eigenvalue weighted by Gasteiger charge is 2.19. The smallest absolute Gasteiger partial charge is 0.315 e. The highest BCUT2D eigenvalue weighted by Crippen LogP contribution is 2.32. The summed E-state index contributed by atoms with van der Waals surface area (Å²) >= 11 is 0. The molecule has 1 aromatic carbocycles. The first-order valence-corrected chi connectivity index (χ1v) is 7.01. The van der Waals surface area contributed by atoms with Crippen molar-refractivity contribution in [2.45, 2.75) is 20.3 Å². The van der Waals surface area contributed by atoms with Crippen LogP contribution in [0.2, 0.25) is 0 Å². The van der Waals surface area contributed by atoms with E-state index in [4.69, 9.17) is 0 Å². The fourth-order valence-electron chi connectivity index (χ4n) is 2.12. The number of rotatable bonds is 8. The molecule has 0 aliphatic carbocycles. The van der Waals surface area contributed by atoms with E-state index < -0.39 is 4.92 Å². The number of carbonyl (C=O) groups excluding carboxylic acids is 1. The Balaban J connectivity index is 2.72. The molecule has 0 bridgehead atoms. The molecule has 0 unspecified atom stereocenters. The van der Waals surface area contributed by atoms with Gasteiger partial charge in [-0.2, -0.15) is 0 Å². The van der Waals surface area contributed by atoms with Crippen molar-refractivity contribution in [2.24, 2.45) is 0 Å². The second-order valence-corrected chi connectivity index (χ2v) is 4.45. The fraction of sp³-hybridized carbons (Fsp3) is 0.500. The van der Waals surface area contributed by atoms with Gasteiger partial charge in [0.15, 0.2) is 0 Å². The molecule has 1 aromatic rings. The first-order chi connectivity index (χ1) is 10.0. The molecule has 0 saturated carbocycles. The van der Waals surface area contributed by atoms with Crippen LogP contribution in [0.1, 0.15) is 20.3 Å². The highest BCUT2D eigenvalue weighted by molar-refractivity contribution is 5.78. The molecule has 0 fully saturated rings. The lowest BCUT2D eigenvalue weighted by molar-refractivity contribution is -0.383. The number of amides is 1. The van der Waals surface area contributed by atoms with Gasteiger partial charge < -0.3 is 15.5 Å². The van der Waals surface area contributed by atoms with Gasteiger partial charge in [-0.15, -0.1) is 0 Å². The average Bonchev–Trinajstić information content (AvgIpc) is 2.47. The Labute approximate surface area is 124 Å². The van der Waals surface area contributed by atoms with E-state index in [1.165, 1.54) is 0 Å². The minimum Gasteiger partial charge on any atom is -0.382 e. The molecular weight excluding hydrogens is 272 g/mol. The molecule has 7 nitrogen and oxygen atoms in total. The molecule has 0 saturated heterocycles. The Morgan fingerprint density at radius 2 is 1.90 bits per heavy atom. The summed E-state index contributed by atoms with van der Waals surface area (Å²) < 4.78 is 0. The van der Waals surface area contributed by atoms with Crippen LogP contribution in [-0.4, -0.2) is 42.4 Å². The number of benzene rings is 1. The van der Waals surface area contributed by atoms with Crippen LogP contribution in [-0.2, 0) is 4.79 Å². The van der Waals surface area contributed by atoms with Crippen molar-refractivity contribution in [3.05, 3.63) is 28.3 Å². The standard InChI is InChI=1S/C14H22N4O3/c1-4-17(5-2)13(19)9-10-16-12-8-6-7-11(15-3)14(12)18(20)21/h6-8,15-16H,4-5,9-10H2,1-3H3. The minimum absolute atomic E-state index is 0.00436. The number of anilines is 2. The number of para-hydroxylation sites is 1. The number of carbonyl (C=O) groups is 1. The summed E-state index contributed by atoms with van der Waals surface area (Å²) in [6, 6.07) is 5.01. The Hall–Kier alpha value is -2.31. The highest BCUT2D eigenvalue weighted by atomic mass is 16.6. The quantitative estimate of drug-likeness (QED) is 0.567. The van der Waals surface area contributed by atoms with Crippen LogP contribution in [0.25, 0.3) is 0 Å². The third-order valence-corrected chi connectivity index (χ3v) is 3.26. The number of nitro groups is 1. The summed E-state index contributed by atoms with van der Waals surface area (Å²) in [5, 5.41) is 16.9. The van der Waals surface area contributed by atoms with Crippen molar-refractivity contribution in [2.75, 3.05) is 37.3 Å². The minimum atomic E-state index is -0.430. The number of nitro benzene ring substituents is 1. The zero-order chi connectivity index (χ0) is 15.8. The summed E-state index contributed by atoms with van der Waals surface area (Å²) in [7, 11) is 1.63. The van der Waals surface area contributed by atoms with Gasteiger partial charge in [0.1, 0.15) is 11.4 Å². The van der Waals surface area contributed by atoms with Gasteiger partial charge in [0.2, 0.25) is 5.91 Å². The Bertz CT molecular complexity index is 501. The maximum absolute atomic E-state index is 11.9. The van der Waals surface area contributed by atoms with E-state index >= 15 is 0 Å². The van der Waals surface area contributed by atoms with Crippen LogP contribution in [0.15, 0.2) is 18.2 Å². The second kappa shape index (κ2) is 8.08. The molecule has 1 rings (SSSR count). The SMILES string of the molecule is CCN(CC)C(=O)CCNc1cccc(NC)c1[N+](=O)[O-]. The van der Waals surface area contributed by atoms with Crippen molar-refractivity contribution in [3.63, 3.8) is 0 Å². The Kier molecular flexibility index (Phi) is 6.45. The van der Waals surface area contributed by atoms with E-state index in [9.17, 15) is 14.9 Å².